The van der Waals surface area contributed by atoms with E-state index in [1.807, 2.05) is 7.05 Å². The number of amidine groups is 1. The summed E-state index contributed by atoms with van der Waals surface area (Å²) in [7, 11) is 5.27. The third-order valence-corrected chi connectivity index (χ3v) is 6.31. The maximum Gasteiger partial charge on any atom is 0.332 e. The Hall–Kier alpha value is -2.62. The molecule has 10 heteroatoms. The molecule has 0 saturated carbocycles. The van der Waals surface area contributed by atoms with Crippen molar-refractivity contribution in [3.8, 4) is 0 Å². The van der Waals surface area contributed by atoms with Gasteiger partial charge < -0.3 is 20.0 Å². The molecule has 2 bridgehead atoms. The fraction of sp³-hybridized carbons (Fsp3) is 0.684. The Morgan fingerprint density at radius 2 is 2.14 bits per heavy atom. The van der Waals surface area contributed by atoms with Gasteiger partial charge in [0.25, 0.3) is 0 Å². The van der Waals surface area contributed by atoms with E-state index in [1.54, 1.807) is 34.8 Å². The van der Waals surface area contributed by atoms with Crippen LogP contribution in [0.3, 0.4) is 0 Å². The number of hydroxylamine groups is 1. The molecule has 158 valence electrons. The van der Waals surface area contributed by atoms with Crippen molar-refractivity contribution in [2.45, 2.75) is 37.8 Å². The first-order valence-electron chi connectivity index (χ1n) is 10.2. The zero-order valence-electron chi connectivity index (χ0n) is 17.2. The molecule has 0 radical (unpaired) electrons. The molecule has 0 aliphatic carbocycles. The number of likely N-dealkylation sites (N-methyl/N-ethyl adjacent to an activating group) is 1. The van der Waals surface area contributed by atoms with Gasteiger partial charge in [0.2, 0.25) is 0 Å². The van der Waals surface area contributed by atoms with Crippen molar-refractivity contribution in [3.63, 3.8) is 0 Å². The van der Waals surface area contributed by atoms with E-state index < -0.39 is 6.04 Å². The van der Waals surface area contributed by atoms with Gasteiger partial charge in [0.15, 0.2) is 5.84 Å². The zero-order chi connectivity index (χ0) is 20.5. The molecular weight excluding hydrogens is 374 g/mol. The first-order valence-corrected chi connectivity index (χ1v) is 10.2. The van der Waals surface area contributed by atoms with Gasteiger partial charge >= 0.3 is 12.0 Å². The summed E-state index contributed by atoms with van der Waals surface area (Å²) >= 11 is 0. The van der Waals surface area contributed by atoms with Crippen LogP contribution in [0.5, 0.6) is 0 Å². The second-order valence-corrected chi connectivity index (χ2v) is 7.99. The summed E-state index contributed by atoms with van der Waals surface area (Å²) in [5.74, 6) is 0.675. The number of carbonyl (C=O) groups is 2. The Bertz CT molecular complexity index is 815. The van der Waals surface area contributed by atoms with Crippen molar-refractivity contribution in [1.82, 2.24) is 30.4 Å². The quantitative estimate of drug-likeness (QED) is 0.437. The average Bonchev–Trinajstić information content (AvgIpc) is 3.24. The summed E-state index contributed by atoms with van der Waals surface area (Å²) in [4.78, 5) is 38.1. The standard InChI is InChI=1S/C19H29N7O3/c1-20-18(23-29-15(27)5-4-12-6-8-21-9-7-12)17-16-13(10-22-25(16)3)14-11-26(17)19(28)24(14)2/h10,12,14,17,21H,4-9,11H2,1-3H3,(H,20,23)/t14-,17-/m0/s1. The Morgan fingerprint density at radius 1 is 1.38 bits per heavy atom. The van der Waals surface area contributed by atoms with Crippen LogP contribution in [-0.4, -0.2) is 71.1 Å². The number of amides is 2. The number of urea groups is 1. The number of aryl methyl sites for hydroxylation is 1. The fourth-order valence-electron chi connectivity index (χ4n) is 4.60. The van der Waals surface area contributed by atoms with Crippen LogP contribution in [0.1, 0.15) is 49.0 Å². The number of nitrogens with zero attached hydrogens (tertiary/aromatic N) is 5. The lowest BCUT2D eigenvalue weighted by atomic mass is 9.93. The highest BCUT2D eigenvalue weighted by Gasteiger charge is 2.49. The minimum absolute atomic E-state index is 0.0203. The van der Waals surface area contributed by atoms with Gasteiger partial charge in [-0.15, -0.1) is 0 Å². The molecule has 1 aromatic heterocycles. The molecule has 1 aromatic rings. The highest BCUT2D eigenvalue weighted by molar-refractivity contribution is 5.94. The normalized spacial score (nSPS) is 24.7. The Morgan fingerprint density at radius 3 is 2.86 bits per heavy atom. The van der Waals surface area contributed by atoms with Gasteiger partial charge in [-0.05, 0) is 38.3 Å². The van der Waals surface area contributed by atoms with E-state index >= 15 is 0 Å². The Kier molecular flexibility index (Phi) is 5.44. The molecule has 4 heterocycles. The summed E-state index contributed by atoms with van der Waals surface area (Å²) in [6.45, 7) is 2.58. The van der Waals surface area contributed by atoms with Crippen molar-refractivity contribution in [2.24, 2.45) is 18.0 Å². The van der Waals surface area contributed by atoms with Crippen LogP contribution >= 0.6 is 0 Å². The summed E-state index contributed by atoms with van der Waals surface area (Å²) < 4.78 is 1.76. The number of fused-ring (bicyclic) bond motifs is 4. The number of aromatic nitrogens is 2. The first-order chi connectivity index (χ1) is 14.0. The Balaban J connectivity index is 1.43. The SMILES string of the molecule is CN=C(NOC(=O)CCC1CCNCC1)[C@@H]1c2c(cnn2C)[C@@H]2CN1C(=O)N2C. The van der Waals surface area contributed by atoms with Crippen LogP contribution < -0.4 is 10.8 Å². The Labute approximate surface area is 170 Å². The summed E-state index contributed by atoms with van der Waals surface area (Å²) in [6, 6.07) is -0.558. The van der Waals surface area contributed by atoms with Crippen molar-refractivity contribution in [3.05, 3.63) is 17.5 Å². The molecule has 10 nitrogen and oxygen atoms in total. The highest BCUT2D eigenvalue weighted by atomic mass is 16.7. The molecule has 2 N–H and O–H groups in total. The maximum absolute atomic E-state index is 12.7. The molecule has 2 atom stereocenters. The smallest absolute Gasteiger partial charge is 0.332 e. The van der Waals surface area contributed by atoms with Crippen LogP contribution in [0, 0.1) is 5.92 Å². The molecule has 2 saturated heterocycles. The topological polar surface area (TPSA) is 104 Å². The molecule has 4 rings (SSSR count). The molecule has 0 aromatic carbocycles. The number of rotatable bonds is 4. The predicted octanol–water partition coefficient (Wildman–Crippen LogP) is 0.739. The number of hydrogen-bond donors (Lipinski definition) is 2. The molecule has 2 amide bonds. The molecular formula is C19H29N7O3. The molecule has 3 aliphatic heterocycles. The van der Waals surface area contributed by atoms with Crippen molar-refractivity contribution in [2.75, 3.05) is 33.7 Å². The molecule has 3 aliphatic rings. The van der Waals surface area contributed by atoms with Gasteiger partial charge in [-0.2, -0.15) is 5.10 Å². The molecule has 0 unspecified atom stereocenters. The second-order valence-electron chi connectivity index (χ2n) is 7.99. The number of hydrogen-bond acceptors (Lipinski definition) is 6. The van der Waals surface area contributed by atoms with E-state index in [1.165, 1.54) is 0 Å². The number of nitrogens with one attached hydrogen (secondary N) is 2. The van der Waals surface area contributed by atoms with Gasteiger partial charge in [0.05, 0.1) is 17.9 Å². The number of aliphatic imine (C=N–C) groups is 1. The van der Waals surface area contributed by atoms with E-state index in [4.69, 9.17) is 4.84 Å². The minimum Gasteiger partial charge on any atom is -0.342 e. The molecule has 2 fully saturated rings. The lowest BCUT2D eigenvalue weighted by Gasteiger charge is -2.32. The van der Waals surface area contributed by atoms with E-state index in [0.29, 0.717) is 24.7 Å². The van der Waals surface area contributed by atoms with Crippen molar-refractivity contribution < 1.29 is 14.4 Å². The average molecular weight is 403 g/mol. The number of carbonyl (C=O) groups excluding carboxylic acids is 2. The van der Waals surface area contributed by atoms with Crippen molar-refractivity contribution >= 4 is 17.8 Å². The van der Waals surface area contributed by atoms with Gasteiger partial charge in [-0.25, -0.2) is 15.1 Å². The summed E-state index contributed by atoms with van der Waals surface area (Å²) in [5, 5.41) is 7.71. The number of piperidine rings is 1. The van der Waals surface area contributed by atoms with Crippen LogP contribution in [0.2, 0.25) is 0 Å². The minimum atomic E-state index is -0.464. The highest BCUT2D eigenvalue weighted by Crippen LogP contribution is 2.42. The first kappa shape index (κ1) is 19.7. The van der Waals surface area contributed by atoms with Gasteiger partial charge in [0.1, 0.15) is 6.04 Å². The van der Waals surface area contributed by atoms with Crippen LogP contribution in [0.15, 0.2) is 11.2 Å². The van der Waals surface area contributed by atoms with E-state index in [9.17, 15) is 9.59 Å². The predicted molar refractivity (Wildman–Crippen MR) is 106 cm³/mol. The van der Waals surface area contributed by atoms with Crippen LogP contribution in [0.25, 0.3) is 0 Å². The van der Waals surface area contributed by atoms with E-state index in [-0.39, 0.29) is 18.0 Å². The van der Waals surface area contributed by atoms with Crippen LogP contribution in [0.4, 0.5) is 4.79 Å². The molecule has 29 heavy (non-hydrogen) atoms. The lowest BCUT2D eigenvalue weighted by Crippen LogP contribution is -2.45. The van der Waals surface area contributed by atoms with Crippen molar-refractivity contribution in [1.29, 1.82) is 0 Å². The van der Waals surface area contributed by atoms with Gasteiger partial charge in [-0.3, -0.25) is 9.67 Å². The fourth-order valence-corrected chi connectivity index (χ4v) is 4.60. The third-order valence-electron chi connectivity index (χ3n) is 6.31. The molecule has 0 spiro atoms. The summed E-state index contributed by atoms with van der Waals surface area (Å²) in [6.07, 6.45) is 5.19. The largest absolute Gasteiger partial charge is 0.342 e. The van der Waals surface area contributed by atoms with Gasteiger partial charge in [-0.1, -0.05) is 0 Å². The summed E-state index contributed by atoms with van der Waals surface area (Å²) in [5.41, 5.74) is 4.63. The van der Waals surface area contributed by atoms with Crippen LogP contribution in [-0.2, 0) is 16.7 Å². The zero-order valence-corrected chi connectivity index (χ0v) is 17.2. The van der Waals surface area contributed by atoms with E-state index in [0.717, 1.165) is 43.6 Å². The van der Waals surface area contributed by atoms with E-state index in [2.05, 4.69) is 20.9 Å². The van der Waals surface area contributed by atoms with Gasteiger partial charge in [0, 0.05) is 39.7 Å². The lowest BCUT2D eigenvalue weighted by molar-refractivity contribution is -0.148. The monoisotopic (exact) mass is 403 g/mol. The maximum atomic E-state index is 12.7. The third kappa shape index (κ3) is 3.57. The second kappa shape index (κ2) is 8.02.